The summed E-state index contributed by atoms with van der Waals surface area (Å²) in [5.41, 5.74) is 12.3. The quantitative estimate of drug-likeness (QED) is 0.788. The minimum Gasteiger partial charge on any atom is -0.326 e. The topological polar surface area (TPSA) is 38.9 Å². The van der Waals surface area contributed by atoms with Crippen molar-refractivity contribution >= 4 is 10.9 Å². The van der Waals surface area contributed by atoms with Crippen LogP contribution in [0, 0.1) is 6.92 Å². The van der Waals surface area contributed by atoms with E-state index >= 15 is 0 Å². The van der Waals surface area contributed by atoms with Gasteiger partial charge < -0.3 is 5.73 Å². The van der Waals surface area contributed by atoms with Crippen molar-refractivity contribution in [2.75, 3.05) is 0 Å². The number of nitrogens with two attached hydrogens (primary N) is 1. The molecule has 16 heavy (non-hydrogen) atoms. The summed E-state index contributed by atoms with van der Waals surface area (Å²) in [5.74, 6) is 0. The van der Waals surface area contributed by atoms with E-state index in [2.05, 4.69) is 25.1 Å². The molecule has 2 N–H and O–H groups in total. The van der Waals surface area contributed by atoms with Crippen LogP contribution in [0.4, 0.5) is 0 Å². The summed E-state index contributed by atoms with van der Waals surface area (Å²) in [7, 11) is 0. The number of nitrogens with zero attached hydrogens (tertiary/aromatic N) is 1. The molecule has 1 heterocycles. The van der Waals surface area contributed by atoms with E-state index in [1.54, 1.807) is 0 Å². The second-order valence-electron chi connectivity index (χ2n) is 4.54. The highest BCUT2D eigenvalue weighted by Gasteiger charge is 2.18. The number of rotatable bonds is 1. The van der Waals surface area contributed by atoms with Crippen LogP contribution >= 0.6 is 0 Å². The second kappa shape index (κ2) is 3.56. The van der Waals surface area contributed by atoms with Crippen LogP contribution in [0.1, 0.15) is 28.8 Å². The fraction of sp³-hybridized carbons (Fsp3) is 0.357. The van der Waals surface area contributed by atoms with Crippen molar-refractivity contribution in [1.29, 1.82) is 0 Å². The summed E-state index contributed by atoms with van der Waals surface area (Å²) in [6, 6.07) is 6.37. The molecule has 0 fully saturated rings. The Labute approximate surface area is 95.5 Å². The molecule has 0 spiro atoms. The molecule has 0 radical (unpaired) electrons. The summed E-state index contributed by atoms with van der Waals surface area (Å²) in [4.78, 5) is 4.81. The summed E-state index contributed by atoms with van der Waals surface area (Å²) in [6.45, 7) is 2.75. The molecule has 0 saturated heterocycles. The van der Waals surface area contributed by atoms with E-state index in [4.69, 9.17) is 10.7 Å². The maximum Gasteiger partial charge on any atom is 0.0737 e. The van der Waals surface area contributed by atoms with Crippen LogP contribution in [0.5, 0.6) is 0 Å². The molecule has 82 valence electrons. The van der Waals surface area contributed by atoms with Gasteiger partial charge in [-0.1, -0.05) is 18.2 Å². The van der Waals surface area contributed by atoms with Crippen LogP contribution in [0.15, 0.2) is 18.2 Å². The number of aromatic nitrogens is 1. The van der Waals surface area contributed by atoms with Gasteiger partial charge in [-0.25, -0.2) is 0 Å². The lowest BCUT2D eigenvalue weighted by Crippen LogP contribution is -2.05. The molecule has 1 aromatic carbocycles. The summed E-state index contributed by atoms with van der Waals surface area (Å²) in [6.07, 6.45) is 3.50. The van der Waals surface area contributed by atoms with Crippen LogP contribution in [0.2, 0.25) is 0 Å². The molecule has 1 aromatic heterocycles. The molecule has 2 aromatic rings. The van der Waals surface area contributed by atoms with Crippen molar-refractivity contribution in [3.05, 3.63) is 40.6 Å². The highest BCUT2D eigenvalue weighted by atomic mass is 14.7. The van der Waals surface area contributed by atoms with E-state index in [0.717, 1.165) is 18.4 Å². The van der Waals surface area contributed by atoms with Gasteiger partial charge in [-0.05, 0) is 42.9 Å². The van der Waals surface area contributed by atoms with Crippen LogP contribution in [-0.2, 0) is 19.4 Å². The monoisotopic (exact) mass is 212 g/mol. The number of fused-ring (bicyclic) bond motifs is 2. The molecule has 0 amide bonds. The first-order valence-corrected chi connectivity index (χ1v) is 5.91. The lowest BCUT2D eigenvalue weighted by molar-refractivity contribution is 0.896. The summed E-state index contributed by atoms with van der Waals surface area (Å²) in [5, 5.41) is 1.25. The molecule has 0 atom stereocenters. The number of pyridine rings is 1. The van der Waals surface area contributed by atoms with Gasteiger partial charge in [0.15, 0.2) is 0 Å². The molecule has 2 nitrogen and oxygen atoms in total. The maximum atomic E-state index is 5.91. The van der Waals surface area contributed by atoms with Crippen LogP contribution in [0.3, 0.4) is 0 Å². The molecule has 0 unspecified atom stereocenters. The molecular weight excluding hydrogens is 196 g/mol. The molecule has 1 aliphatic rings. The average Bonchev–Trinajstić information content (AvgIpc) is 2.75. The standard InChI is InChI=1S/C14H16N2/c1-9-4-2-6-11-12(8-15)10-5-3-7-13(10)16-14(9)11/h2,4,6H,3,5,7-8,15H2,1H3. The first-order chi connectivity index (χ1) is 7.81. The highest BCUT2D eigenvalue weighted by Crippen LogP contribution is 2.30. The van der Waals surface area contributed by atoms with Gasteiger partial charge in [0.05, 0.1) is 5.52 Å². The maximum absolute atomic E-state index is 5.91. The van der Waals surface area contributed by atoms with Gasteiger partial charge in [-0.2, -0.15) is 0 Å². The van der Waals surface area contributed by atoms with Gasteiger partial charge in [0, 0.05) is 17.6 Å². The van der Waals surface area contributed by atoms with Crippen molar-refractivity contribution in [3.8, 4) is 0 Å². The van der Waals surface area contributed by atoms with Crippen LogP contribution < -0.4 is 5.73 Å². The predicted octanol–water partition coefficient (Wildman–Crippen LogP) is 2.49. The van der Waals surface area contributed by atoms with Gasteiger partial charge in [0.25, 0.3) is 0 Å². The van der Waals surface area contributed by atoms with E-state index in [0.29, 0.717) is 6.54 Å². The smallest absolute Gasteiger partial charge is 0.0737 e. The molecule has 0 bridgehead atoms. The zero-order valence-corrected chi connectivity index (χ0v) is 9.59. The predicted molar refractivity (Wildman–Crippen MR) is 66.4 cm³/mol. The van der Waals surface area contributed by atoms with E-state index in [-0.39, 0.29) is 0 Å². The van der Waals surface area contributed by atoms with E-state index < -0.39 is 0 Å². The fourth-order valence-corrected chi connectivity index (χ4v) is 2.76. The average molecular weight is 212 g/mol. The van der Waals surface area contributed by atoms with E-state index in [1.165, 1.54) is 34.2 Å². The van der Waals surface area contributed by atoms with Gasteiger partial charge in [-0.15, -0.1) is 0 Å². The SMILES string of the molecule is Cc1cccc2c(CN)c3c(nc12)CCC3. The Kier molecular flexibility index (Phi) is 2.18. The molecular formula is C14H16N2. The van der Waals surface area contributed by atoms with Gasteiger partial charge in [0.1, 0.15) is 0 Å². The van der Waals surface area contributed by atoms with E-state index in [1.807, 2.05) is 0 Å². The van der Waals surface area contributed by atoms with E-state index in [9.17, 15) is 0 Å². The third-order valence-corrected chi connectivity index (χ3v) is 3.57. The first-order valence-electron chi connectivity index (χ1n) is 5.91. The van der Waals surface area contributed by atoms with Crippen molar-refractivity contribution in [2.24, 2.45) is 5.73 Å². The Morgan fingerprint density at radius 1 is 1.31 bits per heavy atom. The third-order valence-electron chi connectivity index (χ3n) is 3.57. The zero-order valence-electron chi connectivity index (χ0n) is 9.59. The molecule has 3 rings (SSSR count). The Hall–Kier alpha value is -1.41. The van der Waals surface area contributed by atoms with Crippen molar-refractivity contribution in [1.82, 2.24) is 4.98 Å². The Morgan fingerprint density at radius 3 is 3.00 bits per heavy atom. The lowest BCUT2D eigenvalue weighted by atomic mass is 9.99. The minimum atomic E-state index is 0.630. The highest BCUT2D eigenvalue weighted by molar-refractivity contribution is 5.86. The largest absolute Gasteiger partial charge is 0.326 e. The fourth-order valence-electron chi connectivity index (χ4n) is 2.76. The van der Waals surface area contributed by atoms with Crippen molar-refractivity contribution in [3.63, 3.8) is 0 Å². The molecule has 2 heteroatoms. The Morgan fingerprint density at radius 2 is 2.19 bits per heavy atom. The number of benzene rings is 1. The molecule has 0 saturated carbocycles. The zero-order chi connectivity index (χ0) is 11.1. The third kappa shape index (κ3) is 1.26. The Balaban J connectivity index is 2.44. The van der Waals surface area contributed by atoms with Gasteiger partial charge >= 0.3 is 0 Å². The number of hydrogen-bond donors (Lipinski definition) is 1. The van der Waals surface area contributed by atoms with Crippen LogP contribution in [0.25, 0.3) is 10.9 Å². The van der Waals surface area contributed by atoms with Crippen molar-refractivity contribution in [2.45, 2.75) is 32.7 Å². The number of para-hydroxylation sites is 1. The second-order valence-corrected chi connectivity index (χ2v) is 4.54. The van der Waals surface area contributed by atoms with Gasteiger partial charge in [-0.3, -0.25) is 4.98 Å². The van der Waals surface area contributed by atoms with Gasteiger partial charge in [0.2, 0.25) is 0 Å². The Bertz CT molecular complexity index is 558. The minimum absolute atomic E-state index is 0.630. The summed E-state index contributed by atoms with van der Waals surface area (Å²) < 4.78 is 0. The number of hydrogen-bond acceptors (Lipinski definition) is 2. The normalized spacial score (nSPS) is 14.4. The first kappa shape index (κ1) is 9.79. The van der Waals surface area contributed by atoms with Crippen molar-refractivity contribution < 1.29 is 0 Å². The number of aryl methyl sites for hydroxylation is 2. The molecule has 1 aliphatic carbocycles. The lowest BCUT2D eigenvalue weighted by Gasteiger charge is -2.11. The molecule has 0 aliphatic heterocycles. The summed E-state index contributed by atoms with van der Waals surface area (Å²) >= 11 is 0. The van der Waals surface area contributed by atoms with Crippen LogP contribution in [-0.4, -0.2) is 4.98 Å².